The Kier molecular flexibility index (Phi) is 20.8. The average molecular weight is 416 g/mol. The van der Waals surface area contributed by atoms with Gasteiger partial charge in [0.2, 0.25) is 0 Å². The zero-order valence-corrected chi connectivity index (χ0v) is 20.1. The van der Waals surface area contributed by atoms with Gasteiger partial charge in [0.1, 0.15) is 0 Å². The van der Waals surface area contributed by atoms with Gasteiger partial charge in [-0.1, -0.05) is 58.8 Å². The predicted octanol–water partition coefficient (Wildman–Crippen LogP) is 6.07. The molecule has 0 amide bonds. The summed E-state index contributed by atoms with van der Waals surface area (Å²) in [5.41, 5.74) is 0. The fourth-order valence-electron chi connectivity index (χ4n) is 2.86. The maximum Gasteiger partial charge on any atom is 0 e. The summed E-state index contributed by atoms with van der Waals surface area (Å²) in [4.78, 5) is 0. The SMILES string of the molecule is CCC(C)C[C-](C)CC(C)C[C-](C)CC(C)C.[Y].[Y]. The van der Waals surface area contributed by atoms with Crippen LogP contribution in [0.15, 0.2) is 0 Å². The summed E-state index contributed by atoms with van der Waals surface area (Å²) in [6.45, 7) is 16.4. The first-order valence-electron chi connectivity index (χ1n) is 7.47. The standard InChI is InChI=1S/C17H34.2Y/c1-8-14(4)10-16(6)12-17(7)11-15(5)9-13(2)3;;/h13-14,17H,8-12H2,1-7H3;;/q-2;;. The van der Waals surface area contributed by atoms with E-state index >= 15 is 0 Å². The number of rotatable bonds is 9. The molecule has 0 aromatic carbocycles. The summed E-state index contributed by atoms with van der Waals surface area (Å²) in [5.74, 6) is 5.89. The van der Waals surface area contributed by atoms with E-state index in [4.69, 9.17) is 0 Å². The first-order chi connectivity index (χ1) is 7.85. The van der Waals surface area contributed by atoms with E-state index in [0.717, 1.165) is 17.8 Å². The van der Waals surface area contributed by atoms with Crippen LogP contribution in [-0.2, 0) is 65.4 Å². The van der Waals surface area contributed by atoms with Crippen molar-refractivity contribution in [2.75, 3.05) is 0 Å². The van der Waals surface area contributed by atoms with Gasteiger partial charge in [-0.05, 0) is 0 Å². The van der Waals surface area contributed by atoms with E-state index in [9.17, 15) is 0 Å². The number of hydrogen-bond acceptors (Lipinski definition) is 0. The van der Waals surface area contributed by atoms with Crippen molar-refractivity contribution in [3.63, 3.8) is 0 Å². The van der Waals surface area contributed by atoms with Crippen LogP contribution >= 0.6 is 0 Å². The largest absolute Gasteiger partial charge is 0.316 e. The second-order valence-electron chi connectivity index (χ2n) is 6.74. The fraction of sp³-hybridized carbons (Fsp3) is 0.882. The molecule has 2 unspecified atom stereocenters. The van der Waals surface area contributed by atoms with Crippen LogP contribution < -0.4 is 0 Å². The van der Waals surface area contributed by atoms with Crippen molar-refractivity contribution >= 4 is 0 Å². The van der Waals surface area contributed by atoms with Gasteiger partial charge in [-0.15, -0.1) is 0 Å². The quantitative estimate of drug-likeness (QED) is 0.401. The van der Waals surface area contributed by atoms with Gasteiger partial charge in [-0.25, -0.2) is 0 Å². The molecular weight excluding hydrogens is 382 g/mol. The van der Waals surface area contributed by atoms with Crippen molar-refractivity contribution < 1.29 is 65.4 Å². The third kappa shape index (κ3) is 16.4. The molecule has 19 heavy (non-hydrogen) atoms. The van der Waals surface area contributed by atoms with Crippen LogP contribution in [0.1, 0.15) is 80.6 Å². The molecule has 110 valence electrons. The molecule has 0 aliphatic carbocycles. The van der Waals surface area contributed by atoms with Crippen molar-refractivity contribution in [3.05, 3.63) is 11.8 Å². The van der Waals surface area contributed by atoms with Crippen molar-refractivity contribution in [2.24, 2.45) is 17.8 Å². The Hall–Kier alpha value is 2.21. The molecule has 0 aliphatic rings. The molecule has 0 rings (SSSR count). The van der Waals surface area contributed by atoms with E-state index in [2.05, 4.69) is 48.5 Å². The number of hydrogen-bond donors (Lipinski definition) is 0. The molecule has 0 fully saturated rings. The van der Waals surface area contributed by atoms with E-state index in [0.29, 0.717) is 0 Å². The summed E-state index contributed by atoms with van der Waals surface area (Å²) >= 11 is 0. The maximum absolute atomic E-state index is 2.41. The summed E-state index contributed by atoms with van der Waals surface area (Å²) < 4.78 is 0. The van der Waals surface area contributed by atoms with Gasteiger partial charge in [0.25, 0.3) is 0 Å². The normalized spacial score (nSPS) is 14.2. The maximum atomic E-state index is 2.41. The molecule has 2 heteroatoms. The van der Waals surface area contributed by atoms with E-state index in [-0.39, 0.29) is 65.4 Å². The summed E-state index contributed by atoms with van der Waals surface area (Å²) in [6, 6.07) is 0. The molecule has 0 aromatic heterocycles. The van der Waals surface area contributed by atoms with Gasteiger partial charge in [0, 0.05) is 65.4 Å². The molecule has 2 radical (unpaired) electrons. The Morgan fingerprint density at radius 1 is 0.684 bits per heavy atom. The van der Waals surface area contributed by atoms with Gasteiger partial charge in [0.05, 0.1) is 0 Å². The molecule has 0 heterocycles. The van der Waals surface area contributed by atoms with Gasteiger partial charge < -0.3 is 11.8 Å². The van der Waals surface area contributed by atoms with Gasteiger partial charge in [0.15, 0.2) is 0 Å². The smallest absolute Gasteiger partial charge is 0 e. The Labute approximate surface area is 173 Å². The van der Waals surface area contributed by atoms with E-state index in [1.54, 1.807) is 11.8 Å². The van der Waals surface area contributed by atoms with E-state index in [1.807, 2.05) is 0 Å². The summed E-state index contributed by atoms with van der Waals surface area (Å²) in [5, 5.41) is 0. The van der Waals surface area contributed by atoms with Gasteiger partial charge in [-0.2, -0.15) is 39.5 Å². The molecule has 0 N–H and O–H groups in total. The van der Waals surface area contributed by atoms with Crippen LogP contribution in [0.4, 0.5) is 0 Å². The zero-order chi connectivity index (χ0) is 13.4. The molecule has 0 bridgehead atoms. The first kappa shape index (κ1) is 26.1. The van der Waals surface area contributed by atoms with Crippen molar-refractivity contribution in [3.8, 4) is 0 Å². The van der Waals surface area contributed by atoms with Crippen molar-refractivity contribution in [1.82, 2.24) is 0 Å². The summed E-state index contributed by atoms with van der Waals surface area (Å²) in [6.07, 6.45) is 6.57. The second-order valence-corrected chi connectivity index (χ2v) is 6.74. The van der Waals surface area contributed by atoms with Crippen molar-refractivity contribution in [1.29, 1.82) is 0 Å². The average Bonchev–Trinajstić information content (AvgIpc) is 2.14. The van der Waals surface area contributed by atoms with Crippen LogP contribution in [-0.4, -0.2) is 0 Å². The minimum atomic E-state index is 0. The minimum absolute atomic E-state index is 0. The second kappa shape index (κ2) is 15.1. The topological polar surface area (TPSA) is 0 Å². The van der Waals surface area contributed by atoms with Crippen LogP contribution in [0.3, 0.4) is 0 Å². The minimum Gasteiger partial charge on any atom is -0.316 e. The van der Waals surface area contributed by atoms with E-state index in [1.165, 1.54) is 32.1 Å². The van der Waals surface area contributed by atoms with Crippen LogP contribution in [0.2, 0.25) is 0 Å². The molecule has 0 nitrogen and oxygen atoms in total. The third-order valence-corrected chi connectivity index (χ3v) is 3.54. The van der Waals surface area contributed by atoms with Crippen LogP contribution in [0.5, 0.6) is 0 Å². The molecule has 0 aromatic rings. The van der Waals surface area contributed by atoms with Gasteiger partial charge >= 0.3 is 0 Å². The van der Waals surface area contributed by atoms with Crippen molar-refractivity contribution in [2.45, 2.75) is 80.6 Å². The Bertz CT molecular complexity index is 180. The predicted molar refractivity (Wildman–Crippen MR) is 79.8 cm³/mol. The van der Waals surface area contributed by atoms with Crippen LogP contribution in [0, 0.1) is 29.6 Å². The summed E-state index contributed by atoms with van der Waals surface area (Å²) in [7, 11) is 0. The molecule has 0 saturated carbocycles. The molecule has 0 aliphatic heterocycles. The Morgan fingerprint density at radius 2 is 1.05 bits per heavy atom. The molecule has 2 atom stereocenters. The Morgan fingerprint density at radius 3 is 1.42 bits per heavy atom. The first-order valence-corrected chi connectivity index (χ1v) is 7.47. The molecule has 0 spiro atoms. The molecular formula is C17H34Y2-2. The van der Waals surface area contributed by atoms with E-state index < -0.39 is 0 Å². The third-order valence-electron chi connectivity index (χ3n) is 3.54. The Balaban J connectivity index is -0.00000128. The molecule has 0 saturated heterocycles. The van der Waals surface area contributed by atoms with Gasteiger partial charge in [-0.3, -0.25) is 0 Å². The monoisotopic (exact) mass is 416 g/mol. The zero-order valence-electron chi connectivity index (χ0n) is 14.4. The fourth-order valence-corrected chi connectivity index (χ4v) is 2.86. The van der Waals surface area contributed by atoms with Crippen LogP contribution in [0.25, 0.3) is 0 Å².